The quantitative estimate of drug-likeness (QED) is 0.668. The van der Waals surface area contributed by atoms with E-state index < -0.39 is 11.9 Å². The van der Waals surface area contributed by atoms with Gasteiger partial charge in [0.05, 0.1) is 5.69 Å². The van der Waals surface area contributed by atoms with Gasteiger partial charge < -0.3 is 10.2 Å². The highest BCUT2D eigenvalue weighted by atomic mass is 16.2. The Balaban J connectivity index is 1.32. The molecule has 9 nitrogen and oxygen atoms in total. The highest BCUT2D eigenvalue weighted by molar-refractivity contribution is 6.05. The first-order valence-corrected chi connectivity index (χ1v) is 11.8. The summed E-state index contributed by atoms with van der Waals surface area (Å²) in [4.78, 5) is 57.9. The molecule has 1 aromatic heterocycles. The van der Waals surface area contributed by atoms with Gasteiger partial charge in [0, 0.05) is 42.7 Å². The van der Waals surface area contributed by atoms with Crippen molar-refractivity contribution in [2.75, 3.05) is 13.1 Å². The van der Waals surface area contributed by atoms with Crippen molar-refractivity contribution in [1.29, 1.82) is 0 Å². The number of carbonyl (C=O) groups excluding carboxylic acids is 4. The molecule has 1 aromatic carbocycles. The molecular formula is C25H25N5O4. The van der Waals surface area contributed by atoms with Crippen LogP contribution in [0.4, 0.5) is 0 Å². The monoisotopic (exact) mass is 459 g/mol. The largest absolute Gasteiger partial charge is 0.347 e. The van der Waals surface area contributed by atoms with Gasteiger partial charge in [-0.1, -0.05) is 6.07 Å². The zero-order chi connectivity index (χ0) is 23.4. The molecule has 9 heteroatoms. The van der Waals surface area contributed by atoms with Crippen LogP contribution in [0, 0.1) is 0 Å². The summed E-state index contributed by atoms with van der Waals surface area (Å²) >= 11 is 0. The smallest absolute Gasteiger partial charge is 0.270 e. The third-order valence-corrected chi connectivity index (χ3v) is 7.27. The minimum Gasteiger partial charge on any atom is -0.347 e. The van der Waals surface area contributed by atoms with E-state index in [0.717, 1.165) is 41.9 Å². The third kappa shape index (κ3) is 3.47. The number of piperidine rings is 1. The summed E-state index contributed by atoms with van der Waals surface area (Å²) < 4.78 is 0. The van der Waals surface area contributed by atoms with E-state index in [9.17, 15) is 19.2 Å². The van der Waals surface area contributed by atoms with Crippen LogP contribution in [0.15, 0.2) is 24.3 Å². The molecule has 0 radical (unpaired) electrons. The van der Waals surface area contributed by atoms with E-state index in [1.807, 2.05) is 12.1 Å². The van der Waals surface area contributed by atoms with E-state index in [1.165, 1.54) is 12.8 Å². The molecular weight excluding hydrogens is 434 g/mol. The number of amides is 4. The first kappa shape index (κ1) is 21.0. The molecule has 4 aliphatic heterocycles. The lowest BCUT2D eigenvalue weighted by Crippen LogP contribution is -2.52. The zero-order valence-corrected chi connectivity index (χ0v) is 18.7. The molecule has 2 aromatic rings. The van der Waals surface area contributed by atoms with E-state index >= 15 is 0 Å². The SMILES string of the molecule is O=C1CCC(N2Cc3cc(-c4cc(CN5CCCC5)c5c(n4)C(=O)NC5)ccc3C2=O)C(=O)N1. The number of hydrogen-bond donors (Lipinski definition) is 2. The second kappa shape index (κ2) is 8.02. The number of likely N-dealkylation sites (tertiary alicyclic amines) is 1. The highest BCUT2D eigenvalue weighted by Gasteiger charge is 2.39. The number of pyridine rings is 1. The average Bonchev–Trinajstić information content (AvgIpc) is 3.54. The number of hydrogen-bond acceptors (Lipinski definition) is 6. The predicted octanol–water partition coefficient (Wildman–Crippen LogP) is 1.35. The maximum absolute atomic E-state index is 13.0. The van der Waals surface area contributed by atoms with Crippen molar-refractivity contribution in [2.45, 2.75) is 51.4 Å². The maximum atomic E-state index is 13.0. The Kier molecular flexibility index (Phi) is 4.95. The normalized spacial score (nSPS) is 22.1. The van der Waals surface area contributed by atoms with Gasteiger partial charge in [-0.15, -0.1) is 0 Å². The molecule has 5 heterocycles. The molecule has 0 saturated carbocycles. The molecule has 2 fully saturated rings. The number of aromatic nitrogens is 1. The van der Waals surface area contributed by atoms with Crippen molar-refractivity contribution in [3.8, 4) is 11.3 Å². The minimum atomic E-state index is -0.644. The Morgan fingerprint density at radius 1 is 1.06 bits per heavy atom. The number of imide groups is 1. The fourth-order valence-electron chi connectivity index (χ4n) is 5.47. The number of rotatable bonds is 4. The standard InChI is InChI=1S/C25H25N5O4/c31-21-6-5-20(23(32)28-21)30-13-15-9-14(3-4-17(15)25(30)34)19-10-16(12-29-7-1-2-8-29)18-11-26-24(33)22(18)27-19/h3-4,9-10,20H,1-2,5-8,11-13H2,(H,26,33)(H,28,31,32). The lowest BCUT2D eigenvalue weighted by molar-refractivity contribution is -0.136. The second-order valence-corrected chi connectivity index (χ2v) is 9.43. The Morgan fingerprint density at radius 3 is 2.68 bits per heavy atom. The van der Waals surface area contributed by atoms with Gasteiger partial charge in [-0.25, -0.2) is 4.98 Å². The van der Waals surface area contributed by atoms with E-state index in [-0.39, 0.29) is 24.1 Å². The van der Waals surface area contributed by atoms with E-state index in [4.69, 9.17) is 0 Å². The predicted molar refractivity (Wildman–Crippen MR) is 121 cm³/mol. The van der Waals surface area contributed by atoms with Crippen LogP contribution >= 0.6 is 0 Å². The molecule has 1 atom stereocenters. The zero-order valence-electron chi connectivity index (χ0n) is 18.7. The average molecular weight is 460 g/mol. The highest BCUT2D eigenvalue weighted by Crippen LogP contribution is 2.32. The van der Waals surface area contributed by atoms with Crippen molar-refractivity contribution in [2.24, 2.45) is 0 Å². The summed E-state index contributed by atoms with van der Waals surface area (Å²) in [6, 6.07) is 6.98. The molecule has 1 unspecified atom stereocenters. The van der Waals surface area contributed by atoms with Gasteiger partial charge in [0.1, 0.15) is 11.7 Å². The molecule has 34 heavy (non-hydrogen) atoms. The van der Waals surface area contributed by atoms with Gasteiger partial charge in [-0.3, -0.25) is 29.4 Å². The van der Waals surface area contributed by atoms with Gasteiger partial charge in [0.2, 0.25) is 11.8 Å². The lowest BCUT2D eigenvalue weighted by atomic mass is 10.00. The van der Waals surface area contributed by atoms with E-state index in [0.29, 0.717) is 36.5 Å². The van der Waals surface area contributed by atoms with Crippen LogP contribution in [-0.4, -0.2) is 57.5 Å². The summed E-state index contributed by atoms with van der Waals surface area (Å²) in [7, 11) is 0. The third-order valence-electron chi connectivity index (χ3n) is 7.27. The molecule has 6 rings (SSSR count). The van der Waals surface area contributed by atoms with Crippen LogP contribution in [-0.2, 0) is 29.2 Å². The number of nitrogens with one attached hydrogen (secondary N) is 2. The van der Waals surface area contributed by atoms with Crippen LogP contribution in [0.25, 0.3) is 11.3 Å². The summed E-state index contributed by atoms with van der Waals surface area (Å²) in [6.07, 6.45) is 2.95. The van der Waals surface area contributed by atoms with Gasteiger partial charge in [-0.05, 0) is 61.7 Å². The van der Waals surface area contributed by atoms with E-state index in [1.54, 1.807) is 11.0 Å². The van der Waals surface area contributed by atoms with Crippen LogP contribution in [0.5, 0.6) is 0 Å². The Bertz CT molecular complexity index is 1250. The molecule has 4 aliphatic rings. The topological polar surface area (TPSA) is 112 Å². The van der Waals surface area contributed by atoms with Crippen molar-refractivity contribution < 1.29 is 19.2 Å². The second-order valence-electron chi connectivity index (χ2n) is 9.43. The molecule has 0 aliphatic carbocycles. The van der Waals surface area contributed by atoms with Gasteiger partial charge >= 0.3 is 0 Å². The van der Waals surface area contributed by atoms with E-state index in [2.05, 4.69) is 26.6 Å². The number of carbonyl (C=O) groups is 4. The summed E-state index contributed by atoms with van der Waals surface area (Å²) in [5, 5.41) is 5.22. The molecule has 2 N–H and O–H groups in total. The number of fused-ring (bicyclic) bond motifs is 2. The summed E-state index contributed by atoms with van der Waals surface area (Å²) in [5.74, 6) is -1.08. The molecule has 174 valence electrons. The van der Waals surface area contributed by atoms with Crippen LogP contribution in [0.3, 0.4) is 0 Å². The Hall–Kier alpha value is -3.59. The maximum Gasteiger partial charge on any atom is 0.270 e. The molecule has 4 amide bonds. The van der Waals surface area contributed by atoms with Crippen LogP contribution < -0.4 is 10.6 Å². The van der Waals surface area contributed by atoms with Gasteiger partial charge in [-0.2, -0.15) is 0 Å². The Morgan fingerprint density at radius 2 is 1.88 bits per heavy atom. The number of nitrogens with zero attached hydrogens (tertiary/aromatic N) is 3. The van der Waals surface area contributed by atoms with Crippen LogP contribution in [0.1, 0.15) is 63.2 Å². The fraction of sp³-hybridized carbons (Fsp3) is 0.400. The van der Waals surface area contributed by atoms with Crippen molar-refractivity contribution >= 4 is 23.6 Å². The van der Waals surface area contributed by atoms with Crippen molar-refractivity contribution in [1.82, 2.24) is 25.4 Å². The van der Waals surface area contributed by atoms with Gasteiger partial charge in [0.25, 0.3) is 11.8 Å². The fourth-order valence-corrected chi connectivity index (χ4v) is 5.47. The Labute approximate surface area is 196 Å². The van der Waals surface area contributed by atoms with Crippen molar-refractivity contribution in [3.63, 3.8) is 0 Å². The van der Waals surface area contributed by atoms with Gasteiger partial charge in [0.15, 0.2) is 0 Å². The molecule has 0 bridgehead atoms. The lowest BCUT2D eigenvalue weighted by Gasteiger charge is -2.29. The van der Waals surface area contributed by atoms with Crippen LogP contribution in [0.2, 0.25) is 0 Å². The van der Waals surface area contributed by atoms with Crippen molar-refractivity contribution in [3.05, 3.63) is 52.2 Å². The molecule has 0 spiro atoms. The summed E-state index contributed by atoms with van der Waals surface area (Å²) in [6.45, 7) is 3.72. The first-order valence-electron chi connectivity index (χ1n) is 11.8. The summed E-state index contributed by atoms with van der Waals surface area (Å²) in [5.41, 5.74) is 5.49. The first-order chi connectivity index (χ1) is 16.5. The minimum absolute atomic E-state index is 0.153. The molecule has 2 saturated heterocycles. The number of benzene rings is 1.